The molecule has 5 nitrogen and oxygen atoms in total. The molecule has 94 valence electrons. The van der Waals surface area contributed by atoms with Gasteiger partial charge < -0.3 is 10.0 Å². The quantitative estimate of drug-likeness (QED) is 0.851. The van der Waals surface area contributed by atoms with Gasteiger partial charge in [0, 0.05) is 26.2 Å². The van der Waals surface area contributed by atoms with E-state index in [1.165, 1.54) is 0 Å². The number of para-hydroxylation sites is 1. The maximum Gasteiger partial charge on any atom is 0.317 e. The van der Waals surface area contributed by atoms with Gasteiger partial charge in [-0.05, 0) is 12.1 Å². The summed E-state index contributed by atoms with van der Waals surface area (Å²) in [5, 5.41) is 17.8. The van der Waals surface area contributed by atoms with E-state index >= 15 is 0 Å². The number of aliphatic carboxylic acids is 1. The number of hydrogen-bond acceptors (Lipinski definition) is 4. The molecule has 0 aromatic heterocycles. The fraction of sp³-hybridized carbons (Fsp3) is 0.385. The van der Waals surface area contributed by atoms with E-state index in [4.69, 9.17) is 10.4 Å². The number of carbonyl (C=O) groups is 1. The van der Waals surface area contributed by atoms with E-state index in [-0.39, 0.29) is 6.54 Å². The molecule has 1 aliphatic heterocycles. The van der Waals surface area contributed by atoms with Crippen molar-refractivity contribution in [1.82, 2.24) is 4.90 Å². The van der Waals surface area contributed by atoms with Gasteiger partial charge in [-0.1, -0.05) is 12.1 Å². The molecule has 0 unspecified atom stereocenters. The van der Waals surface area contributed by atoms with Crippen molar-refractivity contribution in [3.8, 4) is 6.07 Å². The Morgan fingerprint density at radius 3 is 2.56 bits per heavy atom. The molecule has 0 atom stereocenters. The summed E-state index contributed by atoms with van der Waals surface area (Å²) in [6.07, 6.45) is 0. The molecule has 1 N–H and O–H groups in total. The second-order valence-corrected chi connectivity index (χ2v) is 4.29. The number of hydrogen-bond donors (Lipinski definition) is 1. The fourth-order valence-electron chi connectivity index (χ4n) is 2.18. The summed E-state index contributed by atoms with van der Waals surface area (Å²) in [6, 6.07) is 9.69. The lowest BCUT2D eigenvalue weighted by Crippen LogP contribution is -2.48. The van der Waals surface area contributed by atoms with Crippen LogP contribution >= 0.6 is 0 Å². The Hall–Kier alpha value is -2.06. The monoisotopic (exact) mass is 245 g/mol. The van der Waals surface area contributed by atoms with Crippen LogP contribution in [-0.4, -0.2) is 48.7 Å². The highest BCUT2D eigenvalue weighted by Gasteiger charge is 2.20. The first-order valence-corrected chi connectivity index (χ1v) is 5.89. The minimum Gasteiger partial charge on any atom is -0.480 e. The third-order valence-electron chi connectivity index (χ3n) is 3.10. The molecule has 2 rings (SSSR count). The Kier molecular flexibility index (Phi) is 3.80. The highest BCUT2D eigenvalue weighted by atomic mass is 16.4. The molecule has 0 amide bonds. The van der Waals surface area contributed by atoms with Crippen LogP contribution in [0, 0.1) is 11.3 Å². The van der Waals surface area contributed by atoms with Crippen molar-refractivity contribution in [3.05, 3.63) is 29.8 Å². The van der Waals surface area contributed by atoms with E-state index in [1.54, 1.807) is 6.07 Å². The Morgan fingerprint density at radius 2 is 1.94 bits per heavy atom. The van der Waals surface area contributed by atoms with Crippen LogP contribution in [0.2, 0.25) is 0 Å². The average molecular weight is 245 g/mol. The van der Waals surface area contributed by atoms with Crippen LogP contribution in [0.5, 0.6) is 0 Å². The Labute approximate surface area is 106 Å². The minimum absolute atomic E-state index is 0.0910. The molecule has 1 heterocycles. The Morgan fingerprint density at radius 1 is 1.28 bits per heavy atom. The van der Waals surface area contributed by atoms with Gasteiger partial charge in [-0.3, -0.25) is 9.69 Å². The van der Waals surface area contributed by atoms with Gasteiger partial charge in [0.1, 0.15) is 6.07 Å². The summed E-state index contributed by atoms with van der Waals surface area (Å²) in [4.78, 5) is 14.7. The summed E-state index contributed by atoms with van der Waals surface area (Å²) in [6.45, 7) is 3.03. The fourth-order valence-corrected chi connectivity index (χ4v) is 2.18. The zero-order chi connectivity index (χ0) is 13.0. The second kappa shape index (κ2) is 5.52. The van der Waals surface area contributed by atoms with Crippen LogP contribution < -0.4 is 4.90 Å². The number of nitrogens with zero attached hydrogens (tertiary/aromatic N) is 3. The van der Waals surface area contributed by atoms with Gasteiger partial charge in [0.2, 0.25) is 0 Å². The van der Waals surface area contributed by atoms with Crippen molar-refractivity contribution in [2.45, 2.75) is 0 Å². The molecule has 0 radical (unpaired) electrons. The smallest absolute Gasteiger partial charge is 0.317 e. The second-order valence-electron chi connectivity index (χ2n) is 4.29. The van der Waals surface area contributed by atoms with Crippen LogP contribution in [0.4, 0.5) is 5.69 Å². The lowest BCUT2D eigenvalue weighted by Gasteiger charge is -2.35. The Bertz CT molecular complexity index is 473. The maximum absolute atomic E-state index is 10.6. The number of piperazine rings is 1. The van der Waals surface area contributed by atoms with Crippen molar-refractivity contribution in [3.63, 3.8) is 0 Å². The molecular formula is C13H15N3O2. The van der Waals surface area contributed by atoms with Crippen molar-refractivity contribution in [2.75, 3.05) is 37.6 Å². The van der Waals surface area contributed by atoms with Crippen LogP contribution in [-0.2, 0) is 4.79 Å². The van der Waals surface area contributed by atoms with Gasteiger partial charge in [0.25, 0.3) is 0 Å². The third-order valence-corrected chi connectivity index (χ3v) is 3.10. The molecule has 1 aromatic carbocycles. The largest absolute Gasteiger partial charge is 0.480 e. The highest BCUT2D eigenvalue weighted by molar-refractivity contribution is 5.69. The molecule has 1 fully saturated rings. The van der Waals surface area contributed by atoms with E-state index in [9.17, 15) is 4.79 Å². The number of carboxylic acid groups (broad SMARTS) is 1. The van der Waals surface area contributed by atoms with Crippen molar-refractivity contribution >= 4 is 11.7 Å². The number of nitriles is 1. The third kappa shape index (κ3) is 2.79. The number of rotatable bonds is 3. The maximum atomic E-state index is 10.6. The molecule has 18 heavy (non-hydrogen) atoms. The van der Waals surface area contributed by atoms with E-state index in [0.29, 0.717) is 18.7 Å². The first kappa shape index (κ1) is 12.4. The molecule has 0 saturated carbocycles. The predicted octanol–water partition coefficient (Wildman–Crippen LogP) is 0.765. The zero-order valence-corrected chi connectivity index (χ0v) is 10.0. The van der Waals surface area contributed by atoms with E-state index in [0.717, 1.165) is 18.8 Å². The number of anilines is 1. The van der Waals surface area contributed by atoms with Crippen molar-refractivity contribution < 1.29 is 9.90 Å². The van der Waals surface area contributed by atoms with Gasteiger partial charge >= 0.3 is 5.97 Å². The van der Waals surface area contributed by atoms with Gasteiger partial charge in [0.05, 0.1) is 17.8 Å². The van der Waals surface area contributed by atoms with E-state index < -0.39 is 5.97 Å². The molecule has 1 saturated heterocycles. The van der Waals surface area contributed by atoms with Crippen molar-refractivity contribution in [2.24, 2.45) is 0 Å². The first-order valence-electron chi connectivity index (χ1n) is 5.89. The topological polar surface area (TPSA) is 67.6 Å². The standard InChI is InChI=1S/C13H15N3O2/c14-9-11-3-1-2-4-12(11)16-7-5-15(6-8-16)10-13(17)18/h1-4H,5-8,10H2,(H,17,18). The zero-order valence-electron chi connectivity index (χ0n) is 10.0. The molecule has 1 aliphatic rings. The average Bonchev–Trinajstić information content (AvgIpc) is 2.39. The molecular weight excluding hydrogens is 230 g/mol. The summed E-state index contributed by atoms with van der Waals surface area (Å²) in [7, 11) is 0. The molecule has 0 spiro atoms. The van der Waals surface area contributed by atoms with Gasteiger partial charge in [0.15, 0.2) is 0 Å². The molecule has 0 bridgehead atoms. The lowest BCUT2D eigenvalue weighted by atomic mass is 10.1. The minimum atomic E-state index is -0.791. The summed E-state index contributed by atoms with van der Waals surface area (Å²) in [5.41, 5.74) is 1.61. The lowest BCUT2D eigenvalue weighted by molar-refractivity contribution is -0.138. The van der Waals surface area contributed by atoms with Gasteiger partial charge in [-0.25, -0.2) is 0 Å². The van der Waals surface area contributed by atoms with Gasteiger partial charge in [-0.15, -0.1) is 0 Å². The van der Waals surface area contributed by atoms with Crippen LogP contribution in [0.1, 0.15) is 5.56 Å². The number of carboxylic acids is 1. The molecule has 1 aromatic rings. The summed E-state index contributed by atoms with van der Waals surface area (Å²) >= 11 is 0. The number of benzene rings is 1. The van der Waals surface area contributed by atoms with Gasteiger partial charge in [-0.2, -0.15) is 5.26 Å². The van der Waals surface area contributed by atoms with Crippen LogP contribution in [0.15, 0.2) is 24.3 Å². The molecule has 5 heteroatoms. The highest BCUT2D eigenvalue weighted by Crippen LogP contribution is 2.20. The van der Waals surface area contributed by atoms with E-state index in [2.05, 4.69) is 11.0 Å². The van der Waals surface area contributed by atoms with E-state index in [1.807, 2.05) is 23.1 Å². The predicted molar refractivity (Wildman–Crippen MR) is 67.4 cm³/mol. The van der Waals surface area contributed by atoms with Crippen molar-refractivity contribution in [1.29, 1.82) is 5.26 Å². The van der Waals surface area contributed by atoms with Crippen LogP contribution in [0.25, 0.3) is 0 Å². The SMILES string of the molecule is N#Cc1ccccc1N1CCN(CC(=O)O)CC1. The Balaban J connectivity index is 2.01. The van der Waals surface area contributed by atoms with Crippen LogP contribution in [0.3, 0.4) is 0 Å². The normalized spacial score (nSPS) is 16.3. The molecule has 0 aliphatic carbocycles. The first-order chi connectivity index (χ1) is 8.70. The summed E-state index contributed by atoms with van der Waals surface area (Å²) < 4.78 is 0. The summed E-state index contributed by atoms with van der Waals surface area (Å²) in [5.74, 6) is -0.791.